The van der Waals surface area contributed by atoms with Crippen LogP contribution in [0.5, 0.6) is 0 Å². The summed E-state index contributed by atoms with van der Waals surface area (Å²) in [6.07, 6.45) is -3.20. The highest BCUT2D eigenvalue weighted by Crippen LogP contribution is 2.29. The molecule has 0 aliphatic carbocycles. The van der Waals surface area contributed by atoms with Gasteiger partial charge in [0, 0.05) is 26.1 Å². The Hall–Kier alpha value is -2.55. The highest BCUT2D eigenvalue weighted by molar-refractivity contribution is 5.33. The van der Waals surface area contributed by atoms with Crippen LogP contribution < -0.4 is 21.0 Å². The molecule has 2 aromatic rings. The fourth-order valence-corrected chi connectivity index (χ4v) is 2.93. The Morgan fingerprint density at radius 2 is 2.04 bits per heavy atom. The van der Waals surface area contributed by atoms with E-state index >= 15 is 0 Å². The van der Waals surface area contributed by atoms with Gasteiger partial charge in [-0.05, 0) is 31.0 Å². The zero-order valence-electron chi connectivity index (χ0n) is 14.9. The van der Waals surface area contributed by atoms with Gasteiger partial charge in [-0.3, -0.25) is 4.79 Å². The van der Waals surface area contributed by atoms with E-state index in [-0.39, 0.29) is 5.56 Å². The maximum absolute atomic E-state index is 12.6. The molecule has 0 fully saturated rings. The van der Waals surface area contributed by atoms with E-state index in [0.29, 0.717) is 44.0 Å². The smallest absolute Gasteiger partial charge is 0.408 e. The van der Waals surface area contributed by atoms with Gasteiger partial charge in [-0.15, -0.1) is 4.73 Å². The van der Waals surface area contributed by atoms with E-state index in [1.54, 1.807) is 6.92 Å². The second kappa shape index (κ2) is 7.99. The summed E-state index contributed by atoms with van der Waals surface area (Å²) < 4.78 is 39.0. The average molecular weight is 382 g/mol. The lowest BCUT2D eigenvalue weighted by atomic mass is 10.1. The van der Waals surface area contributed by atoms with E-state index in [2.05, 4.69) is 15.6 Å². The van der Waals surface area contributed by atoms with Crippen LogP contribution in [0.2, 0.25) is 0 Å². The summed E-state index contributed by atoms with van der Waals surface area (Å²) >= 11 is 0. The number of hydrogen-bond donors (Lipinski definition) is 2. The Morgan fingerprint density at radius 3 is 2.70 bits per heavy atom. The quantitative estimate of drug-likeness (QED) is 0.800. The maximum atomic E-state index is 12.6. The van der Waals surface area contributed by atoms with Gasteiger partial charge in [-0.25, -0.2) is 4.98 Å². The number of rotatable bonds is 6. The molecule has 146 valence electrons. The summed E-state index contributed by atoms with van der Waals surface area (Å²) in [6.45, 7) is 3.70. The monoisotopic (exact) mass is 382 g/mol. The van der Waals surface area contributed by atoms with Crippen LogP contribution in [-0.4, -0.2) is 29.4 Å². The first kappa shape index (κ1) is 19.2. The molecule has 27 heavy (non-hydrogen) atoms. The first-order valence-electron chi connectivity index (χ1n) is 8.79. The molecule has 1 aliphatic rings. The Kier molecular flexibility index (Phi) is 5.69. The zero-order chi connectivity index (χ0) is 19.4. The molecule has 2 heterocycles. The number of nitrogens with one attached hydrogen (secondary N) is 2. The molecule has 1 aromatic heterocycles. The first-order valence-corrected chi connectivity index (χ1v) is 8.79. The number of aromatic nitrogens is 2. The average Bonchev–Trinajstić information content (AvgIpc) is 2.64. The molecule has 0 atom stereocenters. The number of hydrogen-bond acceptors (Lipinski definition) is 5. The van der Waals surface area contributed by atoms with Crippen LogP contribution in [0.15, 0.2) is 29.1 Å². The largest absolute Gasteiger partial charge is 0.416 e. The molecule has 1 aromatic carbocycles. The molecule has 3 rings (SSSR count). The van der Waals surface area contributed by atoms with Crippen molar-refractivity contribution in [2.75, 3.05) is 25.0 Å². The number of halogens is 3. The molecule has 1 aliphatic heterocycles. The van der Waals surface area contributed by atoms with Crippen LogP contribution in [-0.2, 0) is 25.6 Å². The minimum absolute atomic E-state index is 0.244. The Morgan fingerprint density at radius 1 is 1.30 bits per heavy atom. The van der Waals surface area contributed by atoms with Crippen molar-refractivity contribution in [3.8, 4) is 0 Å². The van der Waals surface area contributed by atoms with Crippen LogP contribution in [0.1, 0.15) is 29.3 Å². The van der Waals surface area contributed by atoms with Crippen LogP contribution >= 0.6 is 0 Å². The van der Waals surface area contributed by atoms with Crippen molar-refractivity contribution < 1.29 is 18.0 Å². The third kappa shape index (κ3) is 4.41. The maximum Gasteiger partial charge on any atom is 0.416 e. The molecule has 0 radical (unpaired) electrons. The Balaban J connectivity index is 1.72. The highest BCUT2D eigenvalue weighted by Gasteiger charge is 2.29. The fourth-order valence-electron chi connectivity index (χ4n) is 2.93. The summed E-state index contributed by atoms with van der Waals surface area (Å²) in [5.41, 5.74) is 1.18. The first-order chi connectivity index (χ1) is 12.9. The van der Waals surface area contributed by atoms with Gasteiger partial charge in [0.05, 0.1) is 16.8 Å². The van der Waals surface area contributed by atoms with Crippen LogP contribution in [0, 0.1) is 0 Å². The minimum Gasteiger partial charge on any atom is -0.408 e. The molecular formula is C18H21F3N4O2. The van der Waals surface area contributed by atoms with Crippen molar-refractivity contribution in [1.29, 1.82) is 0 Å². The zero-order valence-corrected chi connectivity index (χ0v) is 14.9. The molecule has 2 N–H and O–H groups in total. The molecule has 0 unspecified atom stereocenters. The van der Waals surface area contributed by atoms with Gasteiger partial charge in [0.2, 0.25) is 5.95 Å². The molecule has 0 spiro atoms. The van der Waals surface area contributed by atoms with Crippen molar-refractivity contribution in [3.05, 3.63) is 57.0 Å². The SMILES string of the molecule is CCOn1c(NCCc2ccc(C(F)(F)F)cc2)nc2c(c1=O)CNCC2. The number of anilines is 1. The fraction of sp³-hybridized carbons (Fsp3) is 0.444. The minimum atomic E-state index is -4.34. The third-order valence-electron chi connectivity index (χ3n) is 4.30. The summed E-state index contributed by atoms with van der Waals surface area (Å²) in [6, 6.07) is 5.03. The number of alkyl halides is 3. The molecule has 9 heteroatoms. The predicted molar refractivity (Wildman–Crippen MR) is 94.7 cm³/mol. The van der Waals surface area contributed by atoms with Crippen molar-refractivity contribution >= 4 is 5.95 Å². The van der Waals surface area contributed by atoms with Gasteiger partial charge >= 0.3 is 6.18 Å². The molecular weight excluding hydrogens is 361 g/mol. The van der Waals surface area contributed by atoms with Crippen molar-refractivity contribution in [2.24, 2.45) is 0 Å². The van der Waals surface area contributed by atoms with Gasteiger partial charge in [0.25, 0.3) is 5.56 Å². The molecule has 0 saturated heterocycles. The van der Waals surface area contributed by atoms with Gasteiger partial charge in [0.1, 0.15) is 6.61 Å². The standard InChI is InChI=1S/C18H21F3N4O2/c1-2-27-25-16(26)14-11-22-9-8-15(14)24-17(25)23-10-7-12-3-5-13(6-4-12)18(19,20)21/h3-6,22H,2,7-11H2,1H3,(H,23,24). The lowest BCUT2D eigenvalue weighted by Gasteiger charge is -2.20. The lowest BCUT2D eigenvalue weighted by Crippen LogP contribution is -2.39. The van der Waals surface area contributed by atoms with E-state index in [9.17, 15) is 18.0 Å². The van der Waals surface area contributed by atoms with E-state index in [1.807, 2.05) is 0 Å². The highest BCUT2D eigenvalue weighted by atomic mass is 19.4. The lowest BCUT2D eigenvalue weighted by molar-refractivity contribution is -0.137. The summed E-state index contributed by atoms with van der Waals surface area (Å²) in [4.78, 5) is 22.5. The normalized spacial score (nSPS) is 13.9. The summed E-state index contributed by atoms with van der Waals surface area (Å²) in [5.74, 6) is 0.314. The van der Waals surface area contributed by atoms with E-state index in [1.165, 1.54) is 12.1 Å². The van der Waals surface area contributed by atoms with E-state index < -0.39 is 11.7 Å². The van der Waals surface area contributed by atoms with Crippen molar-refractivity contribution in [2.45, 2.75) is 32.5 Å². The van der Waals surface area contributed by atoms with Gasteiger partial charge in [-0.2, -0.15) is 13.2 Å². The Bertz CT molecular complexity index is 847. The van der Waals surface area contributed by atoms with Gasteiger partial charge in [-0.1, -0.05) is 12.1 Å². The molecule has 0 saturated carbocycles. The van der Waals surface area contributed by atoms with Crippen LogP contribution in [0.25, 0.3) is 0 Å². The summed E-state index contributed by atoms with van der Waals surface area (Å²) in [5, 5.41) is 6.21. The van der Waals surface area contributed by atoms with Crippen LogP contribution in [0.4, 0.5) is 19.1 Å². The second-order valence-corrected chi connectivity index (χ2v) is 6.18. The molecule has 0 bridgehead atoms. The number of benzene rings is 1. The van der Waals surface area contributed by atoms with Crippen LogP contribution in [0.3, 0.4) is 0 Å². The van der Waals surface area contributed by atoms with E-state index in [0.717, 1.165) is 34.7 Å². The van der Waals surface area contributed by atoms with Crippen molar-refractivity contribution in [1.82, 2.24) is 15.0 Å². The molecule has 6 nitrogen and oxygen atoms in total. The number of nitrogens with zero attached hydrogens (tertiary/aromatic N) is 2. The van der Waals surface area contributed by atoms with Gasteiger partial charge < -0.3 is 15.5 Å². The van der Waals surface area contributed by atoms with Crippen molar-refractivity contribution in [3.63, 3.8) is 0 Å². The number of fused-ring (bicyclic) bond motifs is 1. The van der Waals surface area contributed by atoms with E-state index in [4.69, 9.17) is 4.84 Å². The van der Waals surface area contributed by atoms with Gasteiger partial charge in [0.15, 0.2) is 0 Å². The molecule has 0 amide bonds. The predicted octanol–water partition coefficient (Wildman–Crippen LogP) is 2.01. The Labute approximate surface area is 154 Å². The topological polar surface area (TPSA) is 68.2 Å². The summed E-state index contributed by atoms with van der Waals surface area (Å²) in [7, 11) is 0. The second-order valence-electron chi connectivity index (χ2n) is 6.18. The third-order valence-corrected chi connectivity index (χ3v) is 4.30.